The molecule has 2 nitrogen and oxygen atoms in total. The molecule has 0 radical (unpaired) electrons. The first-order chi connectivity index (χ1) is 5.33. The van der Waals surface area contributed by atoms with E-state index in [9.17, 15) is 0 Å². The van der Waals surface area contributed by atoms with E-state index in [-0.39, 0.29) is 0 Å². The topological polar surface area (TPSA) is 18.5 Å². The van der Waals surface area contributed by atoms with E-state index in [1.807, 2.05) is 0 Å². The first-order valence-electron chi connectivity index (χ1n) is 4.56. The summed E-state index contributed by atoms with van der Waals surface area (Å²) in [5.41, 5.74) is 0. The van der Waals surface area contributed by atoms with Crippen molar-refractivity contribution < 1.29 is 9.47 Å². The molecule has 1 heterocycles. The van der Waals surface area contributed by atoms with Crippen LogP contribution in [0.5, 0.6) is 0 Å². The van der Waals surface area contributed by atoms with Crippen LogP contribution in [-0.2, 0) is 9.47 Å². The van der Waals surface area contributed by atoms with E-state index in [1.165, 1.54) is 12.8 Å². The zero-order chi connectivity index (χ0) is 8.10. The Morgan fingerprint density at radius 2 is 2.18 bits per heavy atom. The summed E-state index contributed by atoms with van der Waals surface area (Å²) in [4.78, 5) is 0. The fraction of sp³-hybridized carbons (Fsp3) is 1.00. The standard InChI is InChI=1S/C9H18O2/c1-3-4-5-9-7-10-6-8(2)11-9/h8-9H,3-7H2,1-2H3. The molecule has 1 rings (SSSR count). The highest BCUT2D eigenvalue weighted by molar-refractivity contribution is 4.64. The van der Waals surface area contributed by atoms with E-state index in [0.29, 0.717) is 12.2 Å². The highest BCUT2D eigenvalue weighted by atomic mass is 16.6. The lowest BCUT2D eigenvalue weighted by Crippen LogP contribution is -2.34. The van der Waals surface area contributed by atoms with Gasteiger partial charge in [0.1, 0.15) is 0 Å². The van der Waals surface area contributed by atoms with Crippen molar-refractivity contribution in [2.24, 2.45) is 0 Å². The molecule has 0 aromatic heterocycles. The Hall–Kier alpha value is -0.0800. The van der Waals surface area contributed by atoms with E-state index >= 15 is 0 Å². The average Bonchev–Trinajstić information content (AvgIpc) is 2.01. The van der Waals surface area contributed by atoms with E-state index in [1.54, 1.807) is 0 Å². The molecule has 66 valence electrons. The van der Waals surface area contributed by atoms with Crippen LogP contribution in [0.2, 0.25) is 0 Å². The van der Waals surface area contributed by atoms with Crippen LogP contribution in [0.4, 0.5) is 0 Å². The third-order valence-corrected chi connectivity index (χ3v) is 1.96. The fourth-order valence-electron chi connectivity index (χ4n) is 1.36. The molecule has 2 heteroatoms. The Kier molecular flexibility index (Phi) is 3.87. The smallest absolute Gasteiger partial charge is 0.0813 e. The van der Waals surface area contributed by atoms with Crippen LogP contribution in [0, 0.1) is 0 Å². The molecule has 0 aromatic rings. The molecule has 0 bridgehead atoms. The van der Waals surface area contributed by atoms with Crippen molar-refractivity contribution in [3.63, 3.8) is 0 Å². The van der Waals surface area contributed by atoms with Crippen LogP contribution >= 0.6 is 0 Å². The summed E-state index contributed by atoms with van der Waals surface area (Å²) in [6, 6.07) is 0. The van der Waals surface area contributed by atoms with Crippen LogP contribution in [0.3, 0.4) is 0 Å². The van der Waals surface area contributed by atoms with Crippen molar-refractivity contribution >= 4 is 0 Å². The lowest BCUT2D eigenvalue weighted by molar-refractivity contribution is -0.132. The number of unbranched alkanes of at least 4 members (excludes halogenated alkanes) is 1. The molecule has 11 heavy (non-hydrogen) atoms. The monoisotopic (exact) mass is 158 g/mol. The van der Waals surface area contributed by atoms with Crippen molar-refractivity contribution in [3.05, 3.63) is 0 Å². The molecule has 0 aliphatic carbocycles. The van der Waals surface area contributed by atoms with Crippen molar-refractivity contribution in [2.45, 2.75) is 45.3 Å². The normalized spacial score (nSPS) is 32.2. The lowest BCUT2D eigenvalue weighted by atomic mass is 10.1. The molecule has 0 amide bonds. The summed E-state index contributed by atoms with van der Waals surface area (Å²) in [7, 11) is 0. The molecule has 1 fully saturated rings. The molecule has 0 N–H and O–H groups in total. The van der Waals surface area contributed by atoms with Gasteiger partial charge in [-0.05, 0) is 13.3 Å². The van der Waals surface area contributed by atoms with Gasteiger partial charge in [-0.3, -0.25) is 0 Å². The summed E-state index contributed by atoms with van der Waals surface area (Å²) >= 11 is 0. The van der Waals surface area contributed by atoms with E-state index in [2.05, 4.69) is 13.8 Å². The summed E-state index contributed by atoms with van der Waals surface area (Å²) in [6.45, 7) is 5.83. The van der Waals surface area contributed by atoms with Crippen molar-refractivity contribution in [1.29, 1.82) is 0 Å². The number of rotatable bonds is 3. The first kappa shape index (κ1) is 9.01. The van der Waals surface area contributed by atoms with Gasteiger partial charge in [-0.2, -0.15) is 0 Å². The minimum Gasteiger partial charge on any atom is -0.376 e. The first-order valence-corrected chi connectivity index (χ1v) is 4.56. The van der Waals surface area contributed by atoms with Crippen molar-refractivity contribution in [1.82, 2.24) is 0 Å². The van der Waals surface area contributed by atoms with Crippen molar-refractivity contribution in [3.8, 4) is 0 Å². The fourth-order valence-corrected chi connectivity index (χ4v) is 1.36. The Labute approximate surface area is 68.9 Å². The second kappa shape index (κ2) is 4.73. The Morgan fingerprint density at radius 3 is 2.82 bits per heavy atom. The summed E-state index contributed by atoms with van der Waals surface area (Å²) in [6.07, 6.45) is 4.31. The molecule has 1 aliphatic heterocycles. The molecule has 1 saturated heterocycles. The quantitative estimate of drug-likeness (QED) is 0.625. The number of hydrogen-bond donors (Lipinski definition) is 0. The van der Waals surface area contributed by atoms with Gasteiger partial charge in [-0.25, -0.2) is 0 Å². The highest BCUT2D eigenvalue weighted by Crippen LogP contribution is 2.12. The van der Waals surface area contributed by atoms with Gasteiger partial charge in [0.25, 0.3) is 0 Å². The van der Waals surface area contributed by atoms with Gasteiger partial charge in [0.2, 0.25) is 0 Å². The van der Waals surface area contributed by atoms with Gasteiger partial charge >= 0.3 is 0 Å². The van der Waals surface area contributed by atoms with Gasteiger partial charge in [0, 0.05) is 0 Å². The van der Waals surface area contributed by atoms with Crippen LogP contribution in [0.25, 0.3) is 0 Å². The maximum atomic E-state index is 5.66. The van der Waals surface area contributed by atoms with E-state index < -0.39 is 0 Å². The maximum absolute atomic E-state index is 5.66. The van der Waals surface area contributed by atoms with E-state index in [4.69, 9.17) is 9.47 Å². The van der Waals surface area contributed by atoms with Gasteiger partial charge in [-0.1, -0.05) is 19.8 Å². The molecule has 2 atom stereocenters. The largest absolute Gasteiger partial charge is 0.376 e. The molecular weight excluding hydrogens is 140 g/mol. The van der Waals surface area contributed by atoms with Crippen LogP contribution in [0.15, 0.2) is 0 Å². The van der Waals surface area contributed by atoms with Crippen LogP contribution in [0.1, 0.15) is 33.1 Å². The average molecular weight is 158 g/mol. The SMILES string of the molecule is CCCCC1COCC(C)O1. The Morgan fingerprint density at radius 1 is 1.36 bits per heavy atom. The zero-order valence-electron chi connectivity index (χ0n) is 7.51. The number of hydrogen-bond acceptors (Lipinski definition) is 2. The molecule has 0 saturated carbocycles. The predicted octanol–water partition coefficient (Wildman–Crippen LogP) is 1.98. The summed E-state index contributed by atoms with van der Waals surface area (Å²) in [5, 5.41) is 0. The number of ether oxygens (including phenoxy) is 2. The molecule has 2 unspecified atom stereocenters. The summed E-state index contributed by atoms with van der Waals surface area (Å²) in [5.74, 6) is 0. The molecular formula is C9H18O2. The zero-order valence-corrected chi connectivity index (χ0v) is 7.51. The third kappa shape index (κ3) is 3.21. The van der Waals surface area contributed by atoms with Crippen LogP contribution < -0.4 is 0 Å². The second-order valence-corrected chi connectivity index (χ2v) is 3.25. The Balaban J connectivity index is 2.12. The van der Waals surface area contributed by atoms with Gasteiger partial charge in [0.15, 0.2) is 0 Å². The minimum absolute atomic E-state index is 0.297. The predicted molar refractivity (Wildman–Crippen MR) is 44.7 cm³/mol. The molecule has 1 aliphatic rings. The minimum atomic E-state index is 0.297. The van der Waals surface area contributed by atoms with Gasteiger partial charge in [-0.15, -0.1) is 0 Å². The summed E-state index contributed by atoms with van der Waals surface area (Å²) < 4.78 is 11.0. The second-order valence-electron chi connectivity index (χ2n) is 3.25. The van der Waals surface area contributed by atoms with Gasteiger partial charge < -0.3 is 9.47 Å². The van der Waals surface area contributed by atoms with Crippen molar-refractivity contribution in [2.75, 3.05) is 13.2 Å². The van der Waals surface area contributed by atoms with E-state index in [0.717, 1.165) is 19.6 Å². The highest BCUT2D eigenvalue weighted by Gasteiger charge is 2.18. The molecule has 0 aromatic carbocycles. The maximum Gasteiger partial charge on any atom is 0.0813 e. The molecule has 0 spiro atoms. The lowest BCUT2D eigenvalue weighted by Gasteiger charge is -2.27. The third-order valence-electron chi connectivity index (χ3n) is 1.96. The van der Waals surface area contributed by atoms with Crippen LogP contribution in [-0.4, -0.2) is 25.4 Å². The Bertz CT molecular complexity index is 104. The van der Waals surface area contributed by atoms with Gasteiger partial charge in [0.05, 0.1) is 25.4 Å².